The van der Waals surface area contributed by atoms with E-state index >= 15 is 0 Å². The average Bonchev–Trinajstić information content (AvgIpc) is 2.88. The normalized spacial score (nSPS) is 24.1. The van der Waals surface area contributed by atoms with E-state index in [1.54, 1.807) is 0 Å². The summed E-state index contributed by atoms with van der Waals surface area (Å²) in [6, 6.07) is -1.42. The number of nitrogens with one attached hydrogen (secondary N) is 2. The first-order chi connectivity index (χ1) is 10.2. The molecular formula is C10H12N4O7S. The molecule has 0 aliphatic carbocycles. The standard InChI is InChI=1S/C10H12N4O7S/c15-6-3-4(8(16)12-6)11-10(18)13-2-1-5-7(13)9(17)14(5)22(19,20)21/h3,5,7,12,15-16H,1-2H2,(H,11,18)(H,19,20,21)/t5-,7+/m1/s1. The molecular weight excluding hydrogens is 320 g/mol. The molecule has 22 heavy (non-hydrogen) atoms. The van der Waals surface area contributed by atoms with E-state index in [9.17, 15) is 23.1 Å². The van der Waals surface area contributed by atoms with Crippen molar-refractivity contribution in [3.8, 4) is 11.8 Å². The lowest BCUT2D eigenvalue weighted by Gasteiger charge is -2.42. The molecule has 11 nitrogen and oxygen atoms in total. The van der Waals surface area contributed by atoms with Gasteiger partial charge in [-0.15, -0.1) is 0 Å². The molecule has 2 saturated heterocycles. The molecule has 2 aliphatic rings. The Kier molecular flexibility index (Phi) is 2.97. The Morgan fingerprint density at radius 3 is 2.64 bits per heavy atom. The molecule has 3 amide bonds. The van der Waals surface area contributed by atoms with Gasteiger partial charge in [-0.2, -0.15) is 8.42 Å². The minimum Gasteiger partial charge on any atom is -0.494 e. The second-order valence-corrected chi connectivity index (χ2v) is 6.24. The van der Waals surface area contributed by atoms with Crippen molar-refractivity contribution in [2.75, 3.05) is 11.9 Å². The van der Waals surface area contributed by atoms with Crippen molar-refractivity contribution in [1.82, 2.24) is 14.2 Å². The van der Waals surface area contributed by atoms with E-state index in [4.69, 9.17) is 9.66 Å². The minimum absolute atomic E-state index is 0.0793. The van der Waals surface area contributed by atoms with E-state index in [-0.39, 0.29) is 24.5 Å². The van der Waals surface area contributed by atoms with Gasteiger partial charge in [0, 0.05) is 12.6 Å². The highest BCUT2D eigenvalue weighted by Crippen LogP contribution is 2.36. The van der Waals surface area contributed by atoms with Gasteiger partial charge in [0.05, 0.1) is 6.04 Å². The van der Waals surface area contributed by atoms with Gasteiger partial charge >= 0.3 is 16.3 Å². The maximum atomic E-state index is 12.1. The van der Waals surface area contributed by atoms with Gasteiger partial charge in [0.2, 0.25) is 5.88 Å². The van der Waals surface area contributed by atoms with Crippen molar-refractivity contribution in [2.24, 2.45) is 0 Å². The van der Waals surface area contributed by atoms with Crippen LogP contribution in [0.3, 0.4) is 0 Å². The molecule has 120 valence electrons. The fraction of sp³-hybridized carbons (Fsp3) is 0.400. The van der Waals surface area contributed by atoms with Crippen molar-refractivity contribution in [2.45, 2.75) is 18.5 Å². The lowest BCUT2D eigenvalue weighted by Crippen LogP contribution is -2.68. The van der Waals surface area contributed by atoms with E-state index in [0.717, 1.165) is 11.0 Å². The number of nitrogens with zero attached hydrogens (tertiary/aromatic N) is 2. The summed E-state index contributed by atoms with van der Waals surface area (Å²) in [5.41, 5.74) is -0.0793. The number of carbonyl (C=O) groups excluding carboxylic acids is 2. The van der Waals surface area contributed by atoms with Gasteiger partial charge in [-0.3, -0.25) is 14.3 Å². The van der Waals surface area contributed by atoms with E-state index in [1.165, 1.54) is 0 Å². The lowest BCUT2D eigenvalue weighted by molar-refractivity contribution is -0.143. The lowest BCUT2D eigenvalue weighted by atomic mass is 10.0. The van der Waals surface area contributed by atoms with Crippen LogP contribution in [0.2, 0.25) is 0 Å². The summed E-state index contributed by atoms with van der Waals surface area (Å²) >= 11 is 0. The maximum absolute atomic E-state index is 12.1. The van der Waals surface area contributed by atoms with Crippen LogP contribution < -0.4 is 5.32 Å². The van der Waals surface area contributed by atoms with Crippen LogP contribution in [0.5, 0.6) is 11.8 Å². The molecule has 12 heteroatoms. The highest BCUT2D eigenvalue weighted by atomic mass is 32.2. The van der Waals surface area contributed by atoms with Crippen molar-refractivity contribution >= 4 is 27.9 Å². The first-order valence-corrected chi connectivity index (χ1v) is 7.59. The van der Waals surface area contributed by atoms with Gasteiger partial charge in [-0.1, -0.05) is 0 Å². The van der Waals surface area contributed by atoms with E-state index in [2.05, 4.69) is 10.3 Å². The number of fused-ring (bicyclic) bond motifs is 1. The van der Waals surface area contributed by atoms with Gasteiger partial charge in [0.15, 0.2) is 5.88 Å². The number of H-pyrrole nitrogens is 1. The summed E-state index contributed by atoms with van der Waals surface area (Å²) in [6.07, 6.45) is 0.202. The zero-order valence-electron chi connectivity index (χ0n) is 10.9. The van der Waals surface area contributed by atoms with Gasteiger partial charge < -0.3 is 20.4 Å². The highest BCUT2D eigenvalue weighted by Gasteiger charge is 2.60. The summed E-state index contributed by atoms with van der Waals surface area (Å²) in [5, 5.41) is 20.9. The molecule has 0 saturated carbocycles. The van der Waals surface area contributed by atoms with Crippen LogP contribution in [0.4, 0.5) is 10.5 Å². The number of carbonyl (C=O) groups is 2. The third kappa shape index (κ3) is 2.03. The highest BCUT2D eigenvalue weighted by molar-refractivity contribution is 7.84. The predicted octanol–water partition coefficient (Wildman–Crippen LogP) is -0.954. The fourth-order valence-corrected chi connectivity index (χ4v) is 3.65. The number of aromatic nitrogens is 1. The smallest absolute Gasteiger partial charge is 0.362 e. The quantitative estimate of drug-likeness (QED) is 0.344. The van der Waals surface area contributed by atoms with Crippen LogP contribution in [0.15, 0.2) is 6.07 Å². The SMILES string of the molecule is O=C(Nc1cc(O)[nH]c1O)N1CC[C@@H]2[C@H]1C(=O)N2S(=O)(=O)O. The van der Waals surface area contributed by atoms with Crippen LogP contribution in [0, 0.1) is 0 Å². The number of hydrogen-bond donors (Lipinski definition) is 5. The third-order valence-electron chi connectivity index (χ3n) is 3.67. The Morgan fingerprint density at radius 2 is 2.09 bits per heavy atom. The maximum Gasteiger partial charge on any atom is 0.362 e. The average molecular weight is 332 g/mol. The van der Waals surface area contributed by atoms with Gasteiger partial charge in [0.1, 0.15) is 11.7 Å². The molecule has 0 bridgehead atoms. The second-order valence-electron chi connectivity index (χ2n) is 4.95. The van der Waals surface area contributed by atoms with E-state index < -0.39 is 40.2 Å². The Hall–Kier alpha value is -2.47. The Balaban J connectivity index is 1.74. The van der Waals surface area contributed by atoms with Crippen LogP contribution in [-0.4, -0.2) is 67.9 Å². The van der Waals surface area contributed by atoms with Gasteiger partial charge in [0.25, 0.3) is 5.91 Å². The Bertz CT molecular complexity index is 757. The molecule has 1 aromatic rings. The fourth-order valence-electron chi connectivity index (χ4n) is 2.76. The largest absolute Gasteiger partial charge is 0.494 e. The van der Waals surface area contributed by atoms with Crippen LogP contribution in [0.25, 0.3) is 0 Å². The monoisotopic (exact) mass is 332 g/mol. The zero-order chi connectivity index (χ0) is 16.2. The molecule has 1 aromatic heterocycles. The van der Waals surface area contributed by atoms with Crippen molar-refractivity contribution in [1.29, 1.82) is 0 Å². The molecule has 0 unspecified atom stereocenters. The summed E-state index contributed by atoms with van der Waals surface area (Å²) in [4.78, 5) is 27.2. The summed E-state index contributed by atoms with van der Waals surface area (Å²) in [6.45, 7) is 0.107. The van der Waals surface area contributed by atoms with Crippen molar-refractivity contribution in [3.63, 3.8) is 0 Å². The first-order valence-electron chi connectivity index (χ1n) is 6.19. The molecule has 0 radical (unpaired) electrons. The molecule has 0 spiro atoms. The molecule has 5 N–H and O–H groups in total. The number of urea groups is 1. The topological polar surface area (TPSA) is 163 Å². The number of likely N-dealkylation sites (tertiary alicyclic amines) is 1. The van der Waals surface area contributed by atoms with Crippen molar-refractivity contribution in [3.05, 3.63) is 6.07 Å². The van der Waals surface area contributed by atoms with Gasteiger partial charge in [-0.25, -0.2) is 9.10 Å². The molecule has 2 atom stereocenters. The van der Waals surface area contributed by atoms with Crippen LogP contribution >= 0.6 is 0 Å². The molecule has 0 aromatic carbocycles. The summed E-state index contributed by atoms with van der Waals surface area (Å²) in [7, 11) is -4.63. The number of aromatic hydroxyl groups is 2. The van der Waals surface area contributed by atoms with Crippen LogP contribution in [0.1, 0.15) is 6.42 Å². The predicted molar refractivity (Wildman–Crippen MR) is 70.4 cm³/mol. The zero-order valence-corrected chi connectivity index (χ0v) is 11.7. The number of hydrogen-bond acceptors (Lipinski definition) is 6. The van der Waals surface area contributed by atoms with Gasteiger partial charge in [-0.05, 0) is 6.42 Å². The summed E-state index contributed by atoms with van der Waals surface area (Å²) in [5.74, 6) is -1.70. The molecule has 2 aliphatic heterocycles. The molecule has 3 rings (SSSR count). The summed E-state index contributed by atoms with van der Waals surface area (Å²) < 4.78 is 31.4. The minimum atomic E-state index is -4.63. The Morgan fingerprint density at radius 1 is 1.41 bits per heavy atom. The van der Waals surface area contributed by atoms with Crippen LogP contribution in [-0.2, 0) is 15.1 Å². The number of β-lactam (4-membered cyclic amide) rings is 1. The number of aromatic amines is 1. The number of anilines is 1. The molecule has 3 heterocycles. The molecule has 2 fully saturated rings. The second kappa shape index (κ2) is 4.51. The number of amides is 3. The number of rotatable bonds is 2. The van der Waals surface area contributed by atoms with Crippen molar-refractivity contribution < 1.29 is 32.8 Å². The first kappa shape index (κ1) is 14.5. The Labute approximate surface area is 124 Å². The third-order valence-corrected chi connectivity index (χ3v) is 4.62. The van der Waals surface area contributed by atoms with E-state index in [1.807, 2.05) is 0 Å². The van der Waals surface area contributed by atoms with E-state index in [0.29, 0.717) is 4.31 Å².